The summed E-state index contributed by atoms with van der Waals surface area (Å²) in [5.74, 6) is 0.990. The second-order valence-corrected chi connectivity index (χ2v) is 9.09. The van der Waals surface area contributed by atoms with Crippen molar-refractivity contribution in [2.75, 3.05) is 12.3 Å². The molecule has 1 fully saturated rings. The largest absolute Gasteiger partial charge is 0.482 e. The Balaban J connectivity index is 1.76. The van der Waals surface area contributed by atoms with Crippen LogP contribution in [0.4, 0.5) is 10.2 Å². The molecule has 7 heteroatoms. The van der Waals surface area contributed by atoms with Crippen molar-refractivity contribution in [3.8, 4) is 17.0 Å². The molecular weight excluding hydrogens is 429 g/mol. The van der Waals surface area contributed by atoms with Gasteiger partial charge in [0, 0.05) is 59.0 Å². The number of rotatable bonds is 4. The SMILES string of the molecule is CC(=N)/C1=C(\NCC2CC2)c2cnc(N)c(c2)O[C@H](C)c2cc(F)ccc2-c2ncccc2C1. The molecule has 0 amide bonds. The van der Waals surface area contributed by atoms with Crippen LogP contribution in [-0.2, 0) is 6.42 Å². The maximum atomic E-state index is 14.3. The Morgan fingerprint density at radius 3 is 2.82 bits per heavy atom. The summed E-state index contributed by atoms with van der Waals surface area (Å²) < 4.78 is 20.6. The molecule has 5 rings (SSSR count). The van der Waals surface area contributed by atoms with Crippen molar-refractivity contribution in [1.29, 1.82) is 5.41 Å². The Hall–Kier alpha value is -3.74. The summed E-state index contributed by atoms with van der Waals surface area (Å²) in [5, 5.41) is 12.2. The predicted molar refractivity (Wildman–Crippen MR) is 132 cm³/mol. The summed E-state index contributed by atoms with van der Waals surface area (Å²) in [7, 11) is 0. The molecule has 1 saturated carbocycles. The van der Waals surface area contributed by atoms with E-state index in [2.05, 4.69) is 15.3 Å². The average Bonchev–Trinajstić information content (AvgIpc) is 3.64. The lowest BCUT2D eigenvalue weighted by molar-refractivity contribution is 0.227. The molecule has 2 bridgehead atoms. The summed E-state index contributed by atoms with van der Waals surface area (Å²) in [4.78, 5) is 9.06. The molecule has 3 aromatic rings. The lowest BCUT2D eigenvalue weighted by Crippen LogP contribution is -2.21. The third-order valence-electron chi connectivity index (χ3n) is 6.46. The molecule has 0 saturated heterocycles. The van der Waals surface area contributed by atoms with Crippen molar-refractivity contribution >= 4 is 17.2 Å². The fraction of sp³-hybridized carbons (Fsp3) is 0.296. The highest BCUT2D eigenvalue weighted by molar-refractivity contribution is 6.03. The number of nitrogens with zero attached hydrogens (tertiary/aromatic N) is 2. The molecule has 2 aliphatic rings. The molecule has 174 valence electrons. The van der Waals surface area contributed by atoms with Gasteiger partial charge in [0.05, 0.1) is 5.69 Å². The van der Waals surface area contributed by atoms with Crippen LogP contribution in [-0.4, -0.2) is 22.2 Å². The van der Waals surface area contributed by atoms with Crippen LogP contribution in [0.2, 0.25) is 0 Å². The number of fused-ring (bicyclic) bond motifs is 5. The minimum atomic E-state index is -0.491. The third-order valence-corrected chi connectivity index (χ3v) is 6.46. The number of ether oxygens (including phenoxy) is 1. The van der Waals surface area contributed by atoms with Crippen molar-refractivity contribution in [3.63, 3.8) is 0 Å². The number of hydrogen-bond donors (Lipinski definition) is 3. The number of pyridine rings is 2. The van der Waals surface area contributed by atoms with Gasteiger partial charge in [-0.3, -0.25) is 4.98 Å². The Morgan fingerprint density at radius 2 is 2.06 bits per heavy atom. The van der Waals surface area contributed by atoms with Gasteiger partial charge in [-0.25, -0.2) is 9.37 Å². The summed E-state index contributed by atoms with van der Waals surface area (Å²) in [6, 6.07) is 10.4. The topological polar surface area (TPSA) is 96.9 Å². The van der Waals surface area contributed by atoms with E-state index in [1.165, 1.54) is 25.0 Å². The monoisotopic (exact) mass is 457 g/mol. The summed E-state index contributed by atoms with van der Waals surface area (Å²) in [6.07, 6.45) is 5.89. The fourth-order valence-electron chi connectivity index (χ4n) is 4.40. The van der Waals surface area contributed by atoms with Gasteiger partial charge in [0.25, 0.3) is 0 Å². The van der Waals surface area contributed by atoms with Gasteiger partial charge >= 0.3 is 0 Å². The highest BCUT2D eigenvalue weighted by Gasteiger charge is 2.25. The van der Waals surface area contributed by atoms with Gasteiger partial charge in [-0.15, -0.1) is 0 Å². The number of nitrogens with two attached hydrogens (primary N) is 1. The van der Waals surface area contributed by atoms with Crippen LogP contribution in [0, 0.1) is 17.1 Å². The first-order valence-electron chi connectivity index (χ1n) is 11.6. The van der Waals surface area contributed by atoms with Crippen LogP contribution in [0.1, 0.15) is 49.5 Å². The summed E-state index contributed by atoms with van der Waals surface area (Å²) in [6.45, 7) is 4.50. The predicted octanol–water partition coefficient (Wildman–Crippen LogP) is 5.31. The Morgan fingerprint density at radius 1 is 1.24 bits per heavy atom. The first-order valence-corrected chi connectivity index (χ1v) is 11.6. The van der Waals surface area contributed by atoms with E-state index in [9.17, 15) is 4.39 Å². The Labute approximate surface area is 198 Å². The molecule has 3 heterocycles. The minimum Gasteiger partial charge on any atom is -0.482 e. The lowest BCUT2D eigenvalue weighted by atomic mass is 9.91. The third kappa shape index (κ3) is 4.38. The van der Waals surface area contributed by atoms with E-state index in [0.29, 0.717) is 29.4 Å². The second kappa shape index (κ2) is 8.89. The first kappa shape index (κ1) is 22.1. The second-order valence-electron chi connectivity index (χ2n) is 9.09. The van der Waals surface area contributed by atoms with E-state index in [1.54, 1.807) is 25.4 Å². The van der Waals surface area contributed by atoms with E-state index < -0.39 is 6.10 Å². The van der Waals surface area contributed by atoms with Crippen LogP contribution in [0.5, 0.6) is 5.75 Å². The standard InChI is InChI=1S/C27H28FN5O/c1-15(29)22-10-18-4-3-9-31-25(18)21-8-7-20(28)12-23(21)16(2)34-24-11-19(14-33-27(24)30)26(22)32-13-17-5-6-17/h3-4,7-9,11-12,14,16-17,29,32H,5-6,10,13H2,1-2H3,(H2,30,33)/b26-22-,29-15?/t16-/m1/s1. The average molecular weight is 458 g/mol. The highest BCUT2D eigenvalue weighted by Crippen LogP contribution is 2.37. The van der Waals surface area contributed by atoms with E-state index in [1.807, 2.05) is 25.1 Å². The number of allylic oxidation sites excluding steroid dienone is 1. The molecular formula is C27H28FN5O. The van der Waals surface area contributed by atoms with E-state index >= 15 is 0 Å². The molecule has 1 aromatic carbocycles. The zero-order chi connectivity index (χ0) is 23.8. The normalized spacial score (nSPS) is 19.7. The van der Waals surface area contributed by atoms with Crippen molar-refractivity contribution in [2.45, 2.75) is 39.2 Å². The van der Waals surface area contributed by atoms with Gasteiger partial charge in [0.1, 0.15) is 11.9 Å². The minimum absolute atomic E-state index is 0.263. The maximum Gasteiger partial charge on any atom is 0.166 e. The van der Waals surface area contributed by atoms with E-state index in [0.717, 1.165) is 40.2 Å². The van der Waals surface area contributed by atoms with Gasteiger partial charge in [-0.05, 0) is 68.5 Å². The van der Waals surface area contributed by atoms with Crippen LogP contribution >= 0.6 is 0 Å². The number of anilines is 1. The molecule has 1 aliphatic heterocycles. The highest BCUT2D eigenvalue weighted by atomic mass is 19.1. The van der Waals surface area contributed by atoms with E-state index in [-0.39, 0.29) is 11.6 Å². The maximum absolute atomic E-state index is 14.3. The Kier molecular flexibility index (Phi) is 5.77. The lowest BCUT2D eigenvalue weighted by Gasteiger charge is -2.24. The van der Waals surface area contributed by atoms with Crippen LogP contribution in [0.25, 0.3) is 17.0 Å². The van der Waals surface area contributed by atoms with E-state index in [4.69, 9.17) is 15.9 Å². The fourth-order valence-corrected chi connectivity index (χ4v) is 4.40. The number of hydrogen-bond acceptors (Lipinski definition) is 6. The molecule has 0 spiro atoms. The number of nitrogen functional groups attached to an aromatic ring is 1. The molecule has 34 heavy (non-hydrogen) atoms. The molecule has 6 nitrogen and oxygen atoms in total. The molecule has 0 radical (unpaired) electrons. The van der Waals surface area contributed by atoms with Gasteiger partial charge < -0.3 is 21.2 Å². The van der Waals surface area contributed by atoms with Crippen LogP contribution in [0.3, 0.4) is 0 Å². The first-order chi connectivity index (χ1) is 16.4. The van der Waals surface area contributed by atoms with Gasteiger partial charge in [0.2, 0.25) is 0 Å². The summed E-state index contributed by atoms with van der Waals surface area (Å²) >= 11 is 0. The number of halogens is 1. The van der Waals surface area contributed by atoms with Crippen molar-refractivity contribution < 1.29 is 9.13 Å². The van der Waals surface area contributed by atoms with Gasteiger partial charge in [0.15, 0.2) is 11.6 Å². The number of nitrogens with one attached hydrogen (secondary N) is 2. The zero-order valence-corrected chi connectivity index (χ0v) is 19.4. The van der Waals surface area contributed by atoms with Crippen molar-refractivity contribution in [3.05, 3.63) is 76.9 Å². The zero-order valence-electron chi connectivity index (χ0n) is 19.4. The number of aromatic nitrogens is 2. The Bertz CT molecular complexity index is 1300. The van der Waals surface area contributed by atoms with Crippen LogP contribution in [0.15, 0.2) is 54.4 Å². The van der Waals surface area contributed by atoms with Gasteiger partial charge in [-0.1, -0.05) is 6.07 Å². The van der Waals surface area contributed by atoms with Gasteiger partial charge in [-0.2, -0.15) is 0 Å². The molecule has 0 unspecified atom stereocenters. The van der Waals surface area contributed by atoms with Crippen molar-refractivity contribution in [2.24, 2.45) is 5.92 Å². The van der Waals surface area contributed by atoms with Crippen LogP contribution < -0.4 is 15.8 Å². The number of benzene rings is 1. The molecule has 1 aliphatic carbocycles. The summed E-state index contributed by atoms with van der Waals surface area (Å²) in [5.41, 5.74) is 12.3. The smallest absolute Gasteiger partial charge is 0.166 e. The molecule has 2 aromatic heterocycles. The molecule has 1 atom stereocenters. The molecule has 4 N–H and O–H groups in total. The quantitative estimate of drug-likeness (QED) is 0.461. The van der Waals surface area contributed by atoms with Crippen molar-refractivity contribution in [1.82, 2.24) is 15.3 Å².